The molecule has 1 aliphatic carbocycles. The summed E-state index contributed by atoms with van der Waals surface area (Å²) >= 11 is 0. The lowest BCUT2D eigenvalue weighted by Gasteiger charge is -2.40. The lowest BCUT2D eigenvalue weighted by atomic mass is 9.70. The van der Waals surface area contributed by atoms with E-state index in [2.05, 4.69) is 0 Å². The highest BCUT2D eigenvalue weighted by atomic mass is 16.5. The predicted octanol–water partition coefficient (Wildman–Crippen LogP) is 2.63. The Kier molecular flexibility index (Phi) is 4.02. The second-order valence-corrected chi connectivity index (χ2v) is 5.01. The largest absolute Gasteiger partial charge is 0.469 e. The molecule has 0 amide bonds. The van der Waals surface area contributed by atoms with E-state index in [1.165, 1.54) is 7.11 Å². The Morgan fingerprint density at radius 1 is 1.39 bits per heavy atom. The number of carbonyl (C=O) groups is 1. The molecular formula is C15H20O3. The van der Waals surface area contributed by atoms with Gasteiger partial charge in [-0.15, -0.1) is 0 Å². The lowest BCUT2D eigenvalue weighted by molar-refractivity contribution is -0.146. The summed E-state index contributed by atoms with van der Waals surface area (Å²) in [4.78, 5) is 11.5. The van der Waals surface area contributed by atoms with Gasteiger partial charge in [-0.1, -0.05) is 43.2 Å². The fourth-order valence-electron chi connectivity index (χ4n) is 2.89. The molecule has 2 rings (SSSR count). The fourth-order valence-corrected chi connectivity index (χ4v) is 2.89. The molecular weight excluding hydrogens is 228 g/mol. The monoisotopic (exact) mass is 248 g/mol. The van der Waals surface area contributed by atoms with E-state index >= 15 is 0 Å². The molecule has 3 nitrogen and oxygen atoms in total. The van der Waals surface area contributed by atoms with Gasteiger partial charge in [-0.3, -0.25) is 4.79 Å². The molecule has 0 unspecified atom stereocenters. The number of hydrogen-bond acceptors (Lipinski definition) is 3. The molecule has 0 saturated heterocycles. The van der Waals surface area contributed by atoms with Crippen molar-refractivity contribution in [3.05, 3.63) is 35.9 Å². The SMILES string of the molecule is COC(=O)C[C@@H]1CCCC[C@]1(O)c1ccccc1. The minimum Gasteiger partial charge on any atom is -0.469 e. The van der Waals surface area contributed by atoms with Crippen LogP contribution in [0.3, 0.4) is 0 Å². The average Bonchev–Trinajstić information content (AvgIpc) is 2.42. The molecule has 1 aromatic rings. The summed E-state index contributed by atoms with van der Waals surface area (Å²) in [7, 11) is 1.40. The predicted molar refractivity (Wildman–Crippen MR) is 68.9 cm³/mol. The molecule has 2 atom stereocenters. The van der Waals surface area contributed by atoms with Gasteiger partial charge in [0.1, 0.15) is 0 Å². The summed E-state index contributed by atoms with van der Waals surface area (Å²) < 4.78 is 4.73. The van der Waals surface area contributed by atoms with Crippen LogP contribution in [0.2, 0.25) is 0 Å². The van der Waals surface area contributed by atoms with Crippen LogP contribution in [-0.4, -0.2) is 18.2 Å². The van der Waals surface area contributed by atoms with E-state index in [1.54, 1.807) is 0 Å². The van der Waals surface area contributed by atoms with Crippen molar-refractivity contribution in [2.75, 3.05) is 7.11 Å². The standard InChI is InChI=1S/C15H20O3/c1-18-14(16)11-13-9-5-6-10-15(13,17)12-7-3-2-4-8-12/h2-4,7-8,13,17H,5-6,9-11H2,1H3/t13-,15-/m0/s1. The smallest absolute Gasteiger partial charge is 0.305 e. The van der Waals surface area contributed by atoms with Gasteiger partial charge < -0.3 is 9.84 Å². The molecule has 3 heteroatoms. The van der Waals surface area contributed by atoms with E-state index in [4.69, 9.17) is 4.74 Å². The van der Waals surface area contributed by atoms with Crippen LogP contribution < -0.4 is 0 Å². The third kappa shape index (κ3) is 2.56. The maximum absolute atomic E-state index is 11.5. The van der Waals surface area contributed by atoms with E-state index in [-0.39, 0.29) is 11.9 Å². The van der Waals surface area contributed by atoms with Crippen LogP contribution in [0, 0.1) is 5.92 Å². The normalized spacial score (nSPS) is 27.8. The number of hydrogen-bond donors (Lipinski definition) is 1. The Balaban J connectivity index is 2.23. The number of aliphatic hydroxyl groups is 1. The Morgan fingerprint density at radius 2 is 2.11 bits per heavy atom. The highest BCUT2D eigenvalue weighted by Gasteiger charge is 2.41. The molecule has 1 saturated carbocycles. The quantitative estimate of drug-likeness (QED) is 0.836. The van der Waals surface area contributed by atoms with Crippen molar-refractivity contribution in [2.45, 2.75) is 37.7 Å². The molecule has 0 spiro atoms. The first kappa shape index (κ1) is 13.1. The van der Waals surface area contributed by atoms with Gasteiger partial charge >= 0.3 is 5.97 Å². The van der Waals surface area contributed by atoms with Gasteiger partial charge in [-0.2, -0.15) is 0 Å². The minimum atomic E-state index is -0.881. The van der Waals surface area contributed by atoms with Gasteiger partial charge in [0.05, 0.1) is 19.1 Å². The Hall–Kier alpha value is -1.35. The van der Waals surface area contributed by atoms with Gasteiger partial charge in [0.15, 0.2) is 0 Å². The molecule has 1 N–H and O–H groups in total. The van der Waals surface area contributed by atoms with Gasteiger partial charge in [0.2, 0.25) is 0 Å². The van der Waals surface area contributed by atoms with Crippen molar-refractivity contribution in [3.8, 4) is 0 Å². The Bertz CT molecular complexity index is 401. The summed E-state index contributed by atoms with van der Waals surface area (Å²) in [6.45, 7) is 0. The van der Waals surface area contributed by atoms with E-state index in [0.29, 0.717) is 6.42 Å². The second-order valence-electron chi connectivity index (χ2n) is 5.01. The van der Waals surface area contributed by atoms with E-state index in [9.17, 15) is 9.90 Å². The summed E-state index contributed by atoms with van der Waals surface area (Å²) in [6, 6.07) is 9.67. The number of esters is 1. The van der Waals surface area contributed by atoms with Crippen molar-refractivity contribution >= 4 is 5.97 Å². The molecule has 0 heterocycles. The molecule has 1 aliphatic rings. The summed E-state index contributed by atoms with van der Waals surface area (Å²) in [5, 5.41) is 10.9. The van der Waals surface area contributed by atoms with E-state index < -0.39 is 5.60 Å². The van der Waals surface area contributed by atoms with Crippen molar-refractivity contribution < 1.29 is 14.6 Å². The van der Waals surface area contributed by atoms with Crippen LogP contribution in [0.15, 0.2) is 30.3 Å². The molecule has 98 valence electrons. The average molecular weight is 248 g/mol. The number of rotatable bonds is 3. The van der Waals surface area contributed by atoms with Crippen LogP contribution in [0.1, 0.15) is 37.7 Å². The first-order valence-corrected chi connectivity index (χ1v) is 6.51. The number of ether oxygens (including phenoxy) is 1. The van der Waals surface area contributed by atoms with Crippen LogP contribution in [0.25, 0.3) is 0 Å². The number of benzene rings is 1. The van der Waals surface area contributed by atoms with Crippen LogP contribution in [0.5, 0.6) is 0 Å². The first-order chi connectivity index (χ1) is 8.66. The Labute approximate surface area is 108 Å². The zero-order chi connectivity index (χ0) is 13.0. The van der Waals surface area contributed by atoms with Gasteiger partial charge in [0, 0.05) is 5.92 Å². The first-order valence-electron chi connectivity index (χ1n) is 6.51. The molecule has 0 aliphatic heterocycles. The van der Waals surface area contributed by atoms with Gasteiger partial charge in [0.25, 0.3) is 0 Å². The van der Waals surface area contributed by atoms with Gasteiger partial charge in [-0.25, -0.2) is 0 Å². The molecule has 0 radical (unpaired) electrons. The van der Waals surface area contributed by atoms with Crippen LogP contribution in [-0.2, 0) is 15.1 Å². The summed E-state index contributed by atoms with van der Waals surface area (Å²) in [5.41, 5.74) is 0.0341. The molecule has 1 fully saturated rings. The number of carbonyl (C=O) groups excluding carboxylic acids is 1. The maximum atomic E-state index is 11.5. The van der Waals surface area contributed by atoms with Crippen LogP contribution >= 0.6 is 0 Å². The minimum absolute atomic E-state index is 0.0406. The highest BCUT2D eigenvalue weighted by Crippen LogP contribution is 2.43. The molecule has 1 aromatic carbocycles. The van der Waals surface area contributed by atoms with Crippen molar-refractivity contribution in [1.82, 2.24) is 0 Å². The zero-order valence-electron chi connectivity index (χ0n) is 10.8. The topological polar surface area (TPSA) is 46.5 Å². The lowest BCUT2D eigenvalue weighted by Crippen LogP contribution is -2.39. The Morgan fingerprint density at radius 3 is 2.78 bits per heavy atom. The van der Waals surface area contributed by atoms with E-state index in [1.807, 2.05) is 30.3 Å². The van der Waals surface area contributed by atoms with E-state index in [0.717, 1.165) is 31.2 Å². The second kappa shape index (κ2) is 5.53. The van der Waals surface area contributed by atoms with Crippen molar-refractivity contribution in [2.24, 2.45) is 5.92 Å². The fraction of sp³-hybridized carbons (Fsp3) is 0.533. The highest BCUT2D eigenvalue weighted by molar-refractivity contribution is 5.69. The zero-order valence-corrected chi connectivity index (χ0v) is 10.8. The maximum Gasteiger partial charge on any atom is 0.305 e. The molecule has 0 aromatic heterocycles. The van der Waals surface area contributed by atoms with Crippen molar-refractivity contribution in [1.29, 1.82) is 0 Å². The summed E-state index contributed by atoms with van der Waals surface area (Å²) in [6.07, 6.45) is 3.96. The van der Waals surface area contributed by atoms with Crippen molar-refractivity contribution in [3.63, 3.8) is 0 Å². The third-order valence-electron chi connectivity index (χ3n) is 3.95. The van der Waals surface area contributed by atoms with Crippen LogP contribution in [0.4, 0.5) is 0 Å². The molecule has 18 heavy (non-hydrogen) atoms. The summed E-state index contributed by atoms with van der Waals surface area (Å²) in [5.74, 6) is -0.280. The molecule has 0 bridgehead atoms. The van der Waals surface area contributed by atoms with Gasteiger partial charge in [-0.05, 0) is 18.4 Å². The number of methoxy groups -OCH3 is 1. The third-order valence-corrected chi connectivity index (χ3v) is 3.95.